The highest BCUT2D eigenvalue weighted by molar-refractivity contribution is 5.01. The molecule has 0 aliphatic carbocycles. The van der Waals surface area contributed by atoms with Crippen LogP contribution in [0.2, 0.25) is 0 Å². The van der Waals surface area contributed by atoms with Crippen LogP contribution in [-0.4, -0.2) is 28.5 Å². The van der Waals surface area contributed by atoms with Crippen molar-refractivity contribution >= 4 is 0 Å². The van der Waals surface area contributed by atoms with E-state index < -0.39 is 0 Å². The van der Waals surface area contributed by atoms with Crippen molar-refractivity contribution < 1.29 is 5.11 Å². The number of aliphatic hydroxyl groups excluding tert-OH is 1. The van der Waals surface area contributed by atoms with Gasteiger partial charge in [-0.2, -0.15) is 5.10 Å². The number of hydrogen-bond acceptors (Lipinski definition) is 3. The van der Waals surface area contributed by atoms with E-state index in [0.717, 1.165) is 25.1 Å². The molecule has 0 fully saturated rings. The van der Waals surface area contributed by atoms with Crippen LogP contribution in [0.3, 0.4) is 0 Å². The van der Waals surface area contributed by atoms with Crippen molar-refractivity contribution in [1.29, 1.82) is 0 Å². The van der Waals surface area contributed by atoms with Gasteiger partial charge in [-0.15, -0.1) is 0 Å². The molecule has 1 aromatic rings. The van der Waals surface area contributed by atoms with Crippen molar-refractivity contribution in [2.45, 2.75) is 26.8 Å². The van der Waals surface area contributed by atoms with Gasteiger partial charge in [-0.1, -0.05) is 13.8 Å². The number of aromatic nitrogens is 2. The van der Waals surface area contributed by atoms with E-state index in [1.54, 1.807) is 6.20 Å². The molecule has 1 aromatic heterocycles. The third-order valence-corrected chi connectivity index (χ3v) is 2.67. The zero-order valence-corrected chi connectivity index (χ0v) is 8.88. The SMILES string of the molecule is CCC(C)(CO)CNCc1cn[nH]c1. The van der Waals surface area contributed by atoms with Crippen LogP contribution >= 0.6 is 0 Å². The zero-order valence-electron chi connectivity index (χ0n) is 8.88. The van der Waals surface area contributed by atoms with Crippen LogP contribution in [0.25, 0.3) is 0 Å². The highest BCUT2D eigenvalue weighted by Gasteiger charge is 2.19. The minimum absolute atomic E-state index is 0.0102. The van der Waals surface area contributed by atoms with Crippen LogP contribution in [0.15, 0.2) is 12.4 Å². The fraction of sp³-hybridized carbons (Fsp3) is 0.700. The average Bonchev–Trinajstić information content (AvgIpc) is 2.70. The Morgan fingerprint density at radius 2 is 2.43 bits per heavy atom. The molecule has 0 aliphatic heterocycles. The molecular formula is C10H19N3O. The van der Waals surface area contributed by atoms with Gasteiger partial charge in [0.25, 0.3) is 0 Å². The molecule has 14 heavy (non-hydrogen) atoms. The summed E-state index contributed by atoms with van der Waals surface area (Å²) in [5, 5.41) is 19.1. The van der Waals surface area contributed by atoms with E-state index in [4.69, 9.17) is 0 Å². The fourth-order valence-electron chi connectivity index (χ4n) is 1.18. The molecule has 0 spiro atoms. The highest BCUT2D eigenvalue weighted by atomic mass is 16.3. The number of rotatable bonds is 6. The number of nitrogens with one attached hydrogen (secondary N) is 2. The molecule has 0 radical (unpaired) electrons. The van der Waals surface area contributed by atoms with E-state index in [1.807, 2.05) is 6.20 Å². The third kappa shape index (κ3) is 3.12. The summed E-state index contributed by atoms with van der Waals surface area (Å²) in [5.41, 5.74) is 1.13. The van der Waals surface area contributed by atoms with E-state index in [9.17, 15) is 5.11 Å². The maximum atomic E-state index is 9.18. The Labute approximate surface area is 84.7 Å². The standard InChI is InChI=1S/C10H19N3O/c1-3-10(2,8-14)7-11-4-9-5-12-13-6-9/h5-6,11,14H,3-4,7-8H2,1-2H3,(H,12,13). The summed E-state index contributed by atoms with van der Waals surface area (Å²) >= 11 is 0. The topological polar surface area (TPSA) is 60.9 Å². The summed E-state index contributed by atoms with van der Waals surface area (Å²) in [7, 11) is 0. The first kappa shape index (κ1) is 11.2. The number of aliphatic hydroxyl groups is 1. The number of H-pyrrole nitrogens is 1. The largest absolute Gasteiger partial charge is 0.396 e. The predicted octanol–water partition coefficient (Wildman–Crippen LogP) is 0.908. The van der Waals surface area contributed by atoms with Crippen molar-refractivity contribution in [2.75, 3.05) is 13.2 Å². The molecule has 80 valence electrons. The van der Waals surface area contributed by atoms with Crippen molar-refractivity contribution in [3.63, 3.8) is 0 Å². The molecule has 0 aliphatic rings. The van der Waals surface area contributed by atoms with E-state index in [2.05, 4.69) is 29.4 Å². The van der Waals surface area contributed by atoms with E-state index in [-0.39, 0.29) is 12.0 Å². The highest BCUT2D eigenvalue weighted by Crippen LogP contribution is 2.18. The molecule has 1 rings (SSSR count). The predicted molar refractivity (Wildman–Crippen MR) is 55.8 cm³/mol. The number of hydrogen-bond donors (Lipinski definition) is 3. The molecule has 3 N–H and O–H groups in total. The Morgan fingerprint density at radius 1 is 1.64 bits per heavy atom. The smallest absolute Gasteiger partial charge is 0.0532 e. The van der Waals surface area contributed by atoms with Crippen LogP contribution in [-0.2, 0) is 6.54 Å². The van der Waals surface area contributed by atoms with Crippen LogP contribution < -0.4 is 5.32 Å². The van der Waals surface area contributed by atoms with Gasteiger partial charge in [0.05, 0.1) is 6.20 Å². The first-order valence-corrected chi connectivity index (χ1v) is 4.99. The summed E-state index contributed by atoms with van der Waals surface area (Å²) in [6, 6.07) is 0. The lowest BCUT2D eigenvalue weighted by molar-refractivity contribution is 0.135. The van der Waals surface area contributed by atoms with Gasteiger partial charge in [-0.05, 0) is 6.42 Å². The van der Waals surface area contributed by atoms with Crippen molar-refractivity contribution in [1.82, 2.24) is 15.5 Å². The summed E-state index contributed by atoms with van der Waals surface area (Å²) in [5.74, 6) is 0. The molecule has 0 amide bonds. The minimum atomic E-state index is -0.0102. The first-order chi connectivity index (χ1) is 6.70. The monoisotopic (exact) mass is 197 g/mol. The fourth-order valence-corrected chi connectivity index (χ4v) is 1.18. The molecule has 1 heterocycles. The van der Waals surface area contributed by atoms with Crippen LogP contribution in [0.5, 0.6) is 0 Å². The number of nitrogens with zero attached hydrogens (tertiary/aromatic N) is 1. The lowest BCUT2D eigenvalue weighted by Gasteiger charge is -2.25. The van der Waals surface area contributed by atoms with Gasteiger partial charge in [0, 0.05) is 36.9 Å². The normalized spacial score (nSPS) is 15.4. The quantitative estimate of drug-likeness (QED) is 0.635. The van der Waals surface area contributed by atoms with Gasteiger partial charge in [0.15, 0.2) is 0 Å². The maximum absolute atomic E-state index is 9.18. The second-order valence-electron chi connectivity index (χ2n) is 4.03. The molecule has 4 nitrogen and oxygen atoms in total. The molecule has 0 bridgehead atoms. The first-order valence-electron chi connectivity index (χ1n) is 4.99. The Hall–Kier alpha value is -0.870. The van der Waals surface area contributed by atoms with E-state index in [0.29, 0.717) is 0 Å². The Balaban J connectivity index is 2.27. The Bertz CT molecular complexity index is 242. The summed E-state index contributed by atoms with van der Waals surface area (Å²) < 4.78 is 0. The molecule has 0 aromatic carbocycles. The second-order valence-corrected chi connectivity index (χ2v) is 4.03. The summed E-state index contributed by atoms with van der Waals surface area (Å²) in [4.78, 5) is 0. The Kier molecular flexibility index (Phi) is 4.10. The van der Waals surface area contributed by atoms with Crippen molar-refractivity contribution in [2.24, 2.45) is 5.41 Å². The summed E-state index contributed by atoms with van der Waals surface area (Å²) in [6.45, 7) is 6.02. The van der Waals surface area contributed by atoms with Crippen LogP contribution in [0.1, 0.15) is 25.8 Å². The third-order valence-electron chi connectivity index (χ3n) is 2.67. The van der Waals surface area contributed by atoms with E-state index >= 15 is 0 Å². The van der Waals surface area contributed by atoms with Crippen LogP contribution in [0.4, 0.5) is 0 Å². The molecular weight excluding hydrogens is 178 g/mol. The average molecular weight is 197 g/mol. The van der Waals surface area contributed by atoms with Gasteiger partial charge in [0.1, 0.15) is 0 Å². The maximum Gasteiger partial charge on any atom is 0.0532 e. The second kappa shape index (κ2) is 5.12. The van der Waals surface area contributed by atoms with Crippen molar-refractivity contribution in [3.05, 3.63) is 18.0 Å². The number of aromatic amines is 1. The van der Waals surface area contributed by atoms with Crippen molar-refractivity contribution in [3.8, 4) is 0 Å². The molecule has 1 unspecified atom stereocenters. The molecule has 1 atom stereocenters. The van der Waals surface area contributed by atoms with Gasteiger partial charge in [0.2, 0.25) is 0 Å². The van der Waals surface area contributed by atoms with Gasteiger partial charge in [-0.25, -0.2) is 0 Å². The molecule has 0 saturated carbocycles. The lowest BCUT2D eigenvalue weighted by Crippen LogP contribution is -2.33. The Morgan fingerprint density at radius 3 is 2.93 bits per heavy atom. The van der Waals surface area contributed by atoms with Gasteiger partial charge < -0.3 is 10.4 Å². The van der Waals surface area contributed by atoms with Crippen LogP contribution in [0, 0.1) is 5.41 Å². The zero-order chi connectivity index (χ0) is 10.4. The lowest BCUT2D eigenvalue weighted by atomic mass is 9.88. The van der Waals surface area contributed by atoms with Gasteiger partial charge in [-0.3, -0.25) is 5.10 Å². The summed E-state index contributed by atoms with van der Waals surface area (Å²) in [6.07, 6.45) is 4.65. The van der Waals surface area contributed by atoms with E-state index in [1.165, 1.54) is 0 Å². The molecule has 0 saturated heterocycles. The van der Waals surface area contributed by atoms with Gasteiger partial charge >= 0.3 is 0 Å². The minimum Gasteiger partial charge on any atom is -0.396 e. The molecule has 4 heteroatoms.